The highest BCUT2D eigenvalue weighted by Gasteiger charge is 2.34. The molecule has 0 saturated carbocycles. The molecule has 1 unspecified atom stereocenters. The molecule has 0 aliphatic carbocycles. The summed E-state index contributed by atoms with van der Waals surface area (Å²) in [6.45, 7) is 7.57. The first kappa shape index (κ1) is 22.7. The normalized spacial score (nSPS) is 20.7. The molecule has 174 valence electrons. The Kier molecular flexibility index (Phi) is 7.08. The van der Waals surface area contributed by atoms with Crippen LogP contribution in [0.5, 0.6) is 0 Å². The maximum Gasteiger partial charge on any atom is 0.238 e. The zero-order chi connectivity index (χ0) is 22.7. The molecule has 0 N–H and O–H groups in total. The van der Waals surface area contributed by atoms with Gasteiger partial charge < -0.3 is 14.2 Å². The number of likely N-dealkylation sites (tertiary alicyclic amines) is 2. The summed E-state index contributed by atoms with van der Waals surface area (Å²) in [5.74, 6) is 2.82. The van der Waals surface area contributed by atoms with E-state index in [9.17, 15) is 4.79 Å². The lowest BCUT2D eigenvalue weighted by atomic mass is 9.96. The molecule has 0 aromatic carbocycles. The Labute approximate surface area is 191 Å². The highest BCUT2D eigenvalue weighted by Crippen LogP contribution is 2.34. The summed E-state index contributed by atoms with van der Waals surface area (Å²) in [4.78, 5) is 23.7. The molecule has 32 heavy (non-hydrogen) atoms. The smallest absolute Gasteiger partial charge is 0.238 e. The summed E-state index contributed by atoms with van der Waals surface area (Å²) in [6, 6.07) is 4.09. The minimum absolute atomic E-state index is 0.0184. The predicted octanol–water partition coefficient (Wildman–Crippen LogP) is 3.62. The average molecular weight is 441 g/mol. The van der Waals surface area contributed by atoms with Crippen LogP contribution >= 0.6 is 0 Å². The van der Waals surface area contributed by atoms with Gasteiger partial charge in [0.2, 0.25) is 17.7 Å². The summed E-state index contributed by atoms with van der Waals surface area (Å²) in [5.41, 5.74) is 1.25. The van der Waals surface area contributed by atoms with E-state index in [4.69, 9.17) is 4.42 Å². The van der Waals surface area contributed by atoms with Crippen molar-refractivity contribution in [3.05, 3.63) is 35.7 Å². The molecule has 2 aliphatic rings. The highest BCUT2D eigenvalue weighted by molar-refractivity contribution is 5.78. The quantitative estimate of drug-likeness (QED) is 0.679. The van der Waals surface area contributed by atoms with Crippen LogP contribution in [0, 0.1) is 5.92 Å². The van der Waals surface area contributed by atoms with Gasteiger partial charge >= 0.3 is 0 Å². The molecule has 2 fully saturated rings. The fraction of sp³-hybridized carbons (Fsp3) is 0.667. The first-order chi connectivity index (χ1) is 15.4. The van der Waals surface area contributed by atoms with Crippen molar-refractivity contribution in [2.75, 3.05) is 38.6 Å². The van der Waals surface area contributed by atoms with E-state index in [1.807, 2.05) is 45.1 Å². The van der Waals surface area contributed by atoms with Gasteiger partial charge in [0.25, 0.3) is 0 Å². The maximum absolute atomic E-state index is 12.7. The minimum Gasteiger partial charge on any atom is -0.423 e. The van der Waals surface area contributed by atoms with E-state index in [0.29, 0.717) is 5.89 Å². The number of nitrogens with zero attached hydrogens (tertiary/aromatic N) is 6. The van der Waals surface area contributed by atoms with Crippen LogP contribution in [0.25, 0.3) is 0 Å². The van der Waals surface area contributed by atoms with Gasteiger partial charge in [-0.15, -0.1) is 10.2 Å². The Bertz CT molecular complexity index is 903. The number of pyridine rings is 1. The second-order valence-corrected chi connectivity index (χ2v) is 9.61. The van der Waals surface area contributed by atoms with Crippen molar-refractivity contribution in [1.29, 1.82) is 0 Å². The van der Waals surface area contributed by atoms with Crippen molar-refractivity contribution in [2.24, 2.45) is 5.92 Å². The van der Waals surface area contributed by atoms with Gasteiger partial charge in [0.15, 0.2) is 0 Å². The molecule has 8 nitrogen and oxygen atoms in total. The number of piperidine rings is 2. The van der Waals surface area contributed by atoms with Crippen molar-refractivity contribution < 1.29 is 9.21 Å². The molecule has 2 aromatic rings. The van der Waals surface area contributed by atoms with Gasteiger partial charge in [0.1, 0.15) is 11.9 Å². The molecule has 4 heterocycles. The van der Waals surface area contributed by atoms with Crippen LogP contribution in [-0.4, -0.2) is 64.6 Å². The molecule has 0 bridgehead atoms. The zero-order valence-electron chi connectivity index (χ0n) is 19.8. The van der Waals surface area contributed by atoms with Gasteiger partial charge in [-0.05, 0) is 51.3 Å². The third-order valence-corrected chi connectivity index (χ3v) is 6.64. The van der Waals surface area contributed by atoms with Crippen LogP contribution in [0.15, 0.2) is 22.7 Å². The number of rotatable bonds is 6. The van der Waals surface area contributed by atoms with Crippen LogP contribution in [-0.2, 0) is 11.3 Å². The summed E-state index contributed by atoms with van der Waals surface area (Å²) in [5, 5.41) is 8.80. The van der Waals surface area contributed by atoms with Gasteiger partial charge in [-0.2, -0.15) is 0 Å². The topological polar surface area (TPSA) is 78.6 Å². The number of carbonyl (C=O) groups is 1. The average Bonchev–Trinajstić information content (AvgIpc) is 3.29. The summed E-state index contributed by atoms with van der Waals surface area (Å²) < 4.78 is 6.18. The van der Waals surface area contributed by atoms with E-state index in [1.165, 1.54) is 5.56 Å². The Balaban J connectivity index is 1.37. The molecule has 2 aromatic heterocycles. The monoisotopic (exact) mass is 440 g/mol. The maximum atomic E-state index is 12.7. The summed E-state index contributed by atoms with van der Waals surface area (Å²) >= 11 is 0. The number of amides is 1. The van der Waals surface area contributed by atoms with Crippen LogP contribution in [0.3, 0.4) is 0 Å². The Morgan fingerprint density at radius 2 is 1.88 bits per heavy atom. The molecule has 0 radical (unpaired) electrons. The van der Waals surface area contributed by atoms with Crippen molar-refractivity contribution in [1.82, 2.24) is 25.0 Å². The Morgan fingerprint density at radius 1 is 1.12 bits per heavy atom. The number of aromatic nitrogens is 3. The summed E-state index contributed by atoms with van der Waals surface area (Å²) in [6.07, 6.45) is 6.88. The van der Waals surface area contributed by atoms with Crippen LogP contribution in [0.4, 0.5) is 5.82 Å². The highest BCUT2D eigenvalue weighted by atomic mass is 16.4. The van der Waals surface area contributed by atoms with E-state index < -0.39 is 0 Å². The standard InChI is InChI=1S/C24H36N6O2/c1-17(2)24(31)30-13-6-5-9-20(30)23-27-26-22(32-23)18-10-14-29(15-11-18)16-19-8-7-12-25-21(19)28(3)4/h7-8,12,17-18,20H,5-6,9-11,13-16H2,1-4H3. The molecule has 8 heteroatoms. The van der Waals surface area contributed by atoms with Gasteiger partial charge in [-0.3, -0.25) is 9.69 Å². The lowest BCUT2D eigenvalue weighted by Gasteiger charge is -2.34. The lowest BCUT2D eigenvalue weighted by molar-refractivity contribution is -0.139. The van der Waals surface area contributed by atoms with Crippen LogP contribution in [0.2, 0.25) is 0 Å². The Hall–Kier alpha value is -2.48. The summed E-state index contributed by atoms with van der Waals surface area (Å²) in [7, 11) is 4.07. The van der Waals surface area contributed by atoms with Crippen molar-refractivity contribution >= 4 is 11.7 Å². The SMILES string of the molecule is CC(C)C(=O)N1CCCCC1c1nnc(C2CCN(Cc3cccnc3N(C)C)CC2)o1. The van der Waals surface area contributed by atoms with Gasteiger partial charge in [0.05, 0.1) is 0 Å². The molecule has 4 rings (SSSR count). The fourth-order valence-electron chi connectivity index (χ4n) is 4.87. The number of hydrogen-bond donors (Lipinski definition) is 0. The molecule has 1 atom stereocenters. The fourth-order valence-corrected chi connectivity index (χ4v) is 4.87. The van der Waals surface area contributed by atoms with Crippen LogP contribution in [0.1, 0.15) is 75.3 Å². The third kappa shape index (κ3) is 4.95. The number of hydrogen-bond acceptors (Lipinski definition) is 7. The van der Waals surface area contributed by atoms with Crippen LogP contribution < -0.4 is 4.90 Å². The molecular weight excluding hydrogens is 404 g/mol. The largest absolute Gasteiger partial charge is 0.423 e. The molecular formula is C24H36N6O2. The van der Waals surface area contributed by atoms with E-state index in [1.54, 1.807) is 0 Å². The molecule has 2 saturated heterocycles. The van der Waals surface area contributed by atoms with Gasteiger partial charge in [0, 0.05) is 50.8 Å². The lowest BCUT2D eigenvalue weighted by Crippen LogP contribution is -2.40. The Morgan fingerprint density at radius 3 is 2.59 bits per heavy atom. The first-order valence-corrected chi connectivity index (χ1v) is 11.9. The van der Waals surface area contributed by atoms with Gasteiger partial charge in [-0.1, -0.05) is 19.9 Å². The first-order valence-electron chi connectivity index (χ1n) is 11.9. The zero-order valence-corrected chi connectivity index (χ0v) is 19.8. The second-order valence-electron chi connectivity index (χ2n) is 9.61. The predicted molar refractivity (Wildman–Crippen MR) is 123 cm³/mol. The van der Waals surface area contributed by atoms with Crippen molar-refractivity contribution in [3.8, 4) is 0 Å². The molecule has 2 aliphatic heterocycles. The minimum atomic E-state index is -0.0741. The van der Waals surface area contributed by atoms with Crippen molar-refractivity contribution in [3.63, 3.8) is 0 Å². The van der Waals surface area contributed by atoms with Crippen molar-refractivity contribution in [2.45, 2.75) is 64.5 Å². The molecule has 1 amide bonds. The second kappa shape index (κ2) is 9.98. The van der Waals surface area contributed by atoms with Gasteiger partial charge in [-0.25, -0.2) is 4.98 Å². The third-order valence-electron chi connectivity index (χ3n) is 6.64. The van der Waals surface area contributed by atoms with E-state index in [0.717, 1.165) is 70.0 Å². The number of carbonyl (C=O) groups excluding carboxylic acids is 1. The van der Waals surface area contributed by atoms with E-state index in [2.05, 4.69) is 31.0 Å². The number of anilines is 1. The van der Waals surface area contributed by atoms with E-state index >= 15 is 0 Å². The molecule has 0 spiro atoms. The van der Waals surface area contributed by atoms with E-state index in [-0.39, 0.29) is 23.8 Å².